The van der Waals surface area contributed by atoms with Gasteiger partial charge in [-0.2, -0.15) is 0 Å². The lowest BCUT2D eigenvalue weighted by atomic mass is 10.0. The van der Waals surface area contributed by atoms with E-state index < -0.39 is 0 Å². The second-order valence-electron chi connectivity index (χ2n) is 7.16. The van der Waals surface area contributed by atoms with Crippen LogP contribution in [0.25, 0.3) is 10.8 Å². The van der Waals surface area contributed by atoms with E-state index in [0.717, 1.165) is 22.0 Å². The maximum atomic E-state index is 12.7. The van der Waals surface area contributed by atoms with Gasteiger partial charge >= 0.3 is 0 Å². The Morgan fingerprint density at radius 1 is 0.909 bits per heavy atom. The monoisotopic (exact) mass is 448 g/mol. The van der Waals surface area contributed by atoms with Crippen molar-refractivity contribution in [3.05, 3.63) is 71.9 Å². The number of hydrogen-bond donors (Lipinski definition) is 1. The van der Waals surface area contributed by atoms with Gasteiger partial charge in [0.15, 0.2) is 28.8 Å². The largest absolute Gasteiger partial charge is 0.493 e. The van der Waals surface area contributed by atoms with Crippen LogP contribution >= 0.6 is 0 Å². The van der Waals surface area contributed by atoms with Crippen molar-refractivity contribution in [1.29, 1.82) is 0 Å². The number of pyridine rings is 1. The van der Waals surface area contributed by atoms with E-state index in [2.05, 4.69) is 10.3 Å². The number of methoxy groups -OCH3 is 4. The topological polar surface area (TPSA) is 92.1 Å². The van der Waals surface area contributed by atoms with Crippen molar-refractivity contribution >= 4 is 22.4 Å². The van der Waals surface area contributed by atoms with E-state index in [9.17, 15) is 4.79 Å². The van der Waals surface area contributed by atoms with Gasteiger partial charge in [-0.05, 0) is 47.3 Å². The average molecular weight is 448 g/mol. The Hall–Kier alpha value is -4.20. The molecule has 4 aromatic rings. The molecule has 0 bridgehead atoms. The molecule has 0 unspecified atom stereocenters. The van der Waals surface area contributed by atoms with Crippen molar-refractivity contribution in [1.82, 2.24) is 4.98 Å². The molecule has 8 heteroatoms. The maximum Gasteiger partial charge on any atom is 0.291 e. The van der Waals surface area contributed by atoms with E-state index >= 15 is 0 Å². The van der Waals surface area contributed by atoms with Crippen molar-refractivity contribution in [3.8, 4) is 23.0 Å². The van der Waals surface area contributed by atoms with Crippen molar-refractivity contribution < 1.29 is 28.2 Å². The zero-order chi connectivity index (χ0) is 23.4. The number of carbonyl (C=O) groups excluding carboxylic acids is 1. The summed E-state index contributed by atoms with van der Waals surface area (Å²) in [6.45, 7) is 0. The van der Waals surface area contributed by atoms with Crippen molar-refractivity contribution in [2.24, 2.45) is 0 Å². The van der Waals surface area contributed by atoms with Crippen LogP contribution < -0.4 is 24.3 Å². The number of aromatic nitrogens is 1. The first-order valence-electron chi connectivity index (χ1n) is 10.2. The molecule has 2 aromatic heterocycles. The van der Waals surface area contributed by atoms with Crippen LogP contribution in [0.2, 0.25) is 0 Å². The summed E-state index contributed by atoms with van der Waals surface area (Å²) in [5.41, 5.74) is 2.16. The lowest BCUT2D eigenvalue weighted by Gasteiger charge is -2.16. The van der Waals surface area contributed by atoms with Gasteiger partial charge in [0.05, 0.1) is 40.4 Å². The van der Waals surface area contributed by atoms with Gasteiger partial charge in [-0.15, -0.1) is 0 Å². The van der Waals surface area contributed by atoms with Crippen molar-refractivity contribution in [2.45, 2.75) is 6.42 Å². The standard InChI is InChI=1S/C25H24N2O6/c1-29-21-11-15-7-8-26-19(17(15)13-23(21)31-3)10-16-12-22(30-2)24(32-4)14-18(16)27-25(28)20-6-5-9-33-20/h5-9,11-14H,10H2,1-4H3,(H,27,28). The molecule has 33 heavy (non-hydrogen) atoms. The molecule has 0 saturated heterocycles. The van der Waals surface area contributed by atoms with Crippen LogP contribution in [0.15, 0.2) is 59.3 Å². The minimum absolute atomic E-state index is 0.204. The van der Waals surface area contributed by atoms with E-state index in [-0.39, 0.29) is 11.7 Å². The van der Waals surface area contributed by atoms with E-state index in [1.54, 1.807) is 52.8 Å². The SMILES string of the molecule is COc1cc(Cc2nccc3cc(OC)c(OC)cc23)c(NC(=O)c2ccco2)cc1OC. The molecular weight excluding hydrogens is 424 g/mol. The summed E-state index contributed by atoms with van der Waals surface area (Å²) < 4.78 is 27.1. The van der Waals surface area contributed by atoms with Crippen LogP contribution in [-0.2, 0) is 6.42 Å². The number of anilines is 1. The fourth-order valence-electron chi connectivity index (χ4n) is 3.66. The second kappa shape index (κ2) is 9.52. The van der Waals surface area contributed by atoms with Crippen molar-refractivity contribution in [3.63, 3.8) is 0 Å². The highest BCUT2D eigenvalue weighted by Crippen LogP contribution is 2.37. The lowest BCUT2D eigenvalue weighted by Crippen LogP contribution is -2.13. The molecule has 2 aromatic carbocycles. The van der Waals surface area contributed by atoms with Crippen LogP contribution in [0.4, 0.5) is 5.69 Å². The molecule has 0 fully saturated rings. The Morgan fingerprint density at radius 2 is 1.58 bits per heavy atom. The minimum Gasteiger partial charge on any atom is -0.493 e. The summed E-state index contributed by atoms with van der Waals surface area (Å²) >= 11 is 0. The fraction of sp³-hybridized carbons (Fsp3) is 0.200. The highest BCUT2D eigenvalue weighted by molar-refractivity contribution is 6.03. The Labute approximate surface area is 191 Å². The first-order chi connectivity index (χ1) is 16.1. The third-order valence-electron chi connectivity index (χ3n) is 5.31. The van der Waals surface area contributed by atoms with Crippen LogP contribution in [0, 0.1) is 0 Å². The van der Waals surface area contributed by atoms with Crippen LogP contribution in [0.3, 0.4) is 0 Å². The van der Waals surface area contributed by atoms with Gasteiger partial charge in [0.2, 0.25) is 0 Å². The molecule has 0 aliphatic rings. The second-order valence-corrected chi connectivity index (χ2v) is 7.16. The number of fused-ring (bicyclic) bond motifs is 1. The first-order valence-corrected chi connectivity index (χ1v) is 10.2. The molecule has 170 valence electrons. The fourth-order valence-corrected chi connectivity index (χ4v) is 3.66. The average Bonchev–Trinajstić information content (AvgIpc) is 3.39. The smallest absolute Gasteiger partial charge is 0.291 e. The zero-order valence-corrected chi connectivity index (χ0v) is 18.8. The predicted octanol–water partition coefficient (Wildman–Crippen LogP) is 4.71. The Morgan fingerprint density at radius 3 is 2.24 bits per heavy atom. The molecule has 0 radical (unpaired) electrons. The Bertz CT molecular complexity index is 1280. The molecule has 0 spiro atoms. The van der Waals surface area contributed by atoms with E-state index in [0.29, 0.717) is 35.1 Å². The van der Waals surface area contributed by atoms with Gasteiger partial charge in [-0.25, -0.2) is 0 Å². The first kappa shape index (κ1) is 22.0. The molecule has 0 aliphatic heterocycles. The molecular formula is C25H24N2O6. The van der Waals surface area contributed by atoms with E-state index in [4.69, 9.17) is 23.4 Å². The summed E-state index contributed by atoms with van der Waals surface area (Å²) in [6.07, 6.45) is 3.61. The number of ether oxygens (including phenoxy) is 4. The Kier molecular flexibility index (Phi) is 6.35. The van der Waals surface area contributed by atoms with Gasteiger partial charge < -0.3 is 28.7 Å². The summed E-state index contributed by atoms with van der Waals surface area (Å²) in [5.74, 6) is 2.12. The molecule has 1 amide bonds. The summed E-state index contributed by atoms with van der Waals surface area (Å²) in [4.78, 5) is 17.3. The van der Waals surface area contributed by atoms with Gasteiger partial charge in [-0.3, -0.25) is 9.78 Å². The summed E-state index contributed by atoms with van der Waals surface area (Å²) in [5, 5.41) is 4.78. The Balaban J connectivity index is 1.79. The quantitative estimate of drug-likeness (QED) is 0.417. The minimum atomic E-state index is -0.370. The van der Waals surface area contributed by atoms with Crippen LogP contribution in [-0.4, -0.2) is 39.3 Å². The van der Waals surface area contributed by atoms with Gasteiger partial charge in [-0.1, -0.05) is 0 Å². The van der Waals surface area contributed by atoms with Gasteiger partial charge in [0, 0.05) is 29.8 Å². The third-order valence-corrected chi connectivity index (χ3v) is 5.31. The molecule has 8 nitrogen and oxygen atoms in total. The zero-order valence-electron chi connectivity index (χ0n) is 18.8. The van der Waals surface area contributed by atoms with Crippen LogP contribution in [0.5, 0.6) is 23.0 Å². The van der Waals surface area contributed by atoms with E-state index in [1.165, 1.54) is 6.26 Å². The number of hydrogen-bond acceptors (Lipinski definition) is 7. The molecule has 2 heterocycles. The molecule has 0 aliphatic carbocycles. The van der Waals surface area contributed by atoms with Gasteiger partial charge in [0.25, 0.3) is 5.91 Å². The molecule has 1 N–H and O–H groups in total. The molecule has 4 rings (SSSR count). The van der Waals surface area contributed by atoms with E-state index in [1.807, 2.05) is 24.3 Å². The normalized spacial score (nSPS) is 10.7. The van der Waals surface area contributed by atoms with Crippen molar-refractivity contribution in [2.75, 3.05) is 33.8 Å². The maximum absolute atomic E-state index is 12.7. The van der Waals surface area contributed by atoms with Crippen LogP contribution in [0.1, 0.15) is 21.8 Å². The summed E-state index contributed by atoms with van der Waals surface area (Å²) in [7, 11) is 6.30. The third kappa shape index (κ3) is 4.41. The molecule has 0 atom stereocenters. The highest BCUT2D eigenvalue weighted by atomic mass is 16.5. The number of benzene rings is 2. The van der Waals surface area contributed by atoms with Gasteiger partial charge in [0.1, 0.15) is 0 Å². The molecule has 0 saturated carbocycles. The summed E-state index contributed by atoms with van der Waals surface area (Å²) in [6, 6.07) is 12.5. The number of nitrogens with zero attached hydrogens (tertiary/aromatic N) is 1. The number of carbonyl (C=O) groups is 1. The lowest BCUT2D eigenvalue weighted by molar-refractivity contribution is 0.0996. The number of nitrogens with one attached hydrogen (secondary N) is 1. The number of furan rings is 1. The number of amides is 1. The number of rotatable bonds is 8. The highest BCUT2D eigenvalue weighted by Gasteiger charge is 2.18. The predicted molar refractivity (Wildman–Crippen MR) is 124 cm³/mol.